The van der Waals surface area contributed by atoms with Gasteiger partial charge in [-0.15, -0.1) is 0 Å². The molecule has 1 fully saturated rings. The molecular weight excluding hydrogens is 331 g/mol. The van der Waals surface area contributed by atoms with E-state index in [0.717, 1.165) is 42.8 Å². The molecule has 0 aromatic heterocycles. The van der Waals surface area contributed by atoms with Crippen molar-refractivity contribution in [2.75, 3.05) is 25.0 Å². The molecule has 4 nitrogen and oxygen atoms in total. The monoisotopic (exact) mass is 356 g/mol. The minimum atomic E-state index is -0.415. The smallest absolute Gasteiger partial charge is 0.238 e. The Balaban J connectivity index is 1.48. The molecule has 0 atom stereocenters. The Hall–Kier alpha value is -2.40. The number of benzene rings is 2. The molecule has 0 bridgehead atoms. The van der Waals surface area contributed by atoms with E-state index in [1.807, 2.05) is 6.07 Å². The van der Waals surface area contributed by atoms with Gasteiger partial charge in [0.1, 0.15) is 17.7 Å². The Labute approximate surface area is 154 Å². The summed E-state index contributed by atoms with van der Waals surface area (Å²) >= 11 is 0. The van der Waals surface area contributed by atoms with E-state index in [0.29, 0.717) is 0 Å². The Kier molecular flexibility index (Phi) is 5.89. The number of rotatable bonds is 5. The van der Waals surface area contributed by atoms with Crippen LogP contribution in [-0.2, 0) is 4.79 Å². The van der Waals surface area contributed by atoms with E-state index in [4.69, 9.17) is 4.74 Å². The van der Waals surface area contributed by atoms with Crippen LogP contribution in [-0.4, -0.2) is 36.5 Å². The van der Waals surface area contributed by atoms with E-state index in [1.165, 1.54) is 6.07 Å². The SMILES string of the molecule is Cc1cccc(C)c1OC1CCN(CC(=O)Nc2ccccc2F)CC1. The molecule has 0 radical (unpaired) electrons. The van der Waals surface area contributed by atoms with Gasteiger partial charge in [0.25, 0.3) is 0 Å². The van der Waals surface area contributed by atoms with E-state index in [-0.39, 0.29) is 24.2 Å². The third-order valence-corrected chi connectivity index (χ3v) is 4.74. The van der Waals surface area contributed by atoms with Crippen molar-refractivity contribution in [3.63, 3.8) is 0 Å². The van der Waals surface area contributed by atoms with Crippen LogP contribution in [0.1, 0.15) is 24.0 Å². The summed E-state index contributed by atoms with van der Waals surface area (Å²) < 4.78 is 19.8. The number of amides is 1. The predicted octanol–water partition coefficient (Wildman–Crippen LogP) is 3.92. The quantitative estimate of drug-likeness (QED) is 0.883. The van der Waals surface area contributed by atoms with E-state index in [1.54, 1.807) is 18.2 Å². The second-order valence-corrected chi connectivity index (χ2v) is 6.84. The summed E-state index contributed by atoms with van der Waals surface area (Å²) in [5.74, 6) is 0.369. The summed E-state index contributed by atoms with van der Waals surface area (Å²) in [4.78, 5) is 14.2. The van der Waals surface area contributed by atoms with E-state index < -0.39 is 5.82 Å². The van der Waals surface area contributed by atoms with Gasteiger partial charge in [-0.2, -0.15) is 0 Å². The molecule has 1 aliphatic rings. The summed E-state index contributed by atoms with van der Waals surface area (Å²) in [6.07, 6.45) is 1.92. The number of hydrogen-bond donors (Lipinski definition) is 1. The number of halogens is 1. The lowest BCUT2D eigenvalue weighted by molar-refractivity contribution is -0.117. The van der Waals surface area contributed by atoms with Crippen LogP contribution < -0.4 is 10.1 Å². The van der Waals surface area contributed by atoms with Gasteiger partial charge < -0.3 is 10.1 Å². The van der Waals surface area contributed by atoms with Gasteiger partial charge >= 0.3 is 0 Å². The van der Waals surface area contributed by atoms with Crippen LogP contribution in [0.5, 0.6) is 5.75 Å². The molecule has 5 heteroatoms. The van der Waals surface area contributed by atoms with Crippen molar-refractivity contribution < 1.29 is 13.9 Å². The van der Waals surface area contributed by atoms with Gasteiger partial charge in [0.15, 0.2) is 0 Å². The van der Waals surface area contributed by atoms with Gasteiger partial charge in [0.05, 0.1) is 12.2 Å². The van der Waals surface area contributed by atoms with E-state index in [9.17, 15) is 9.18 Å². The molecular formula is C21H25FN2O2. The zero-order valence-corrected chi connectivity index (χ0v) is 15.3. The Bertz CT molecular complexity index is 750. The van der Waals surface area contributed by atoms with Crippen molar-refractivity contribution in [2.24, 2.45) is 0 Å². The molecule has 1 heterocycles. The molecule has 2 aromatic carbocycles. The number of carbonyl (C=O) groups is 1. The van der Waals surface area contributed by atoms with E-state index in [2.05, 4.69) is 36.2 Å². The number of nitrogens with one attached hydrogen (secondary N) is 1. The first kappa shape index (κ1) is 18.4. The molecule has 3 rings (SSSR count). The predicted molar refractivity (Wildman–Crippen MR) is 101 cm³/mol. The topological polar surface area (TPSA) is 41.6 Å². The molecule has 1 aliphatic heterocycles. The number of ether oxygens (including phenoxy) is 1. The number of carbonyl (C=O) groups excluding carboxylic acids is 1. The maximum Gasteiger partial charge on any atom is 0.238 e. The van der Waals surface area contributed by atoms with Crippen LogP contribution in [0.4, 0.5) is 10.1 Å². The van der Waals surface area contributed by atoms with Crippen molar-refractivity contribution in [1.29, 1.82) is 0 Å². The third-order valence-electron chi connectivity index (χ3n) is 4.74. The lowest BCUT2D eigenvalue weighted by Gasteiger charge is -2.32. The molecule has 0 spiro atoms. The summed E-state index contributed by atoms with van der Waals surface area (Å²) in [6.45, 7) is 5.97. The number of aryl methyl sites for hydroxylation is 2. The Morgan fingerprint density at radius 3 is 2.42 bits per heavy atom. The van der Waals surface area contributed by atoms with Gasteiger partial charge in [0.2, 0.25) is 5.91 Å². The first-order valence-electron chi connectivity index (χ1n) is 9.02. The largest absolute Gasteiger partial charge is 0.490 e. The molecule has 0 unspecified atom stereocenters. The number of piperidine rings is 1. The molecule has 138 valence electrons. The highest BCUT2D eigenvalue weighted by Crippen LogP contribution is 2.26. The van der Waals surface area contributed by atoms with Crippen molar-refractivity contribution in [3.8, 4) is 5.75 Å². The molecule has 26 heavy (non-hydrogen) atoms. The lowest BCUT2D eigenvalue weighted by atomic mass is 10.1. The number of likely N-dealkylation sites (tertiary alicyclic amines) is 1. The van der Waals surface area contributed by atoms with Crippen LogP contribution in [0.3, 0.4) is 0 Å². The summed E-state index contributed by atoms with van der Waals surface area (Å²) in [5.41, 5.74) is 2.53. The van der Waals surface area contributed by atoms with Gasteiger partial charge in [-0.05, 0) is 49.9 Å². The van der Waals surface area contributed by atoms with Crippen molar-refractivity contribution in [3.05, 3.63) is 59.4 Å². The maximum absolute atomic E-state index is 13.6. The normalized spacial score (nSPS) is 15.7. The first-order chi connectivity index (χ1) is 12.5. The van der Waals surface area contributed by atoms with E-state index >= 15 is 0 Å². The van der Waals surface area contributed by atoms with Gasteiger partial charge in [-0.3, -0.25) is 9.69 Å². The van der Waals surface area contributed by atoms with Gasteiger partial charge in [0, 0.05) is 13.1 Å². The highest BCUT2D eigenvalue weighted by atomic mass is 19.1. The van der Waals surface area contributed by atoms with Crippen LogP contribution >= 0.6 is 0 Å². The molecule has 1 amide bonds. The van der Waals surface area contributed by atoms with Crippen molar-refractivity contribution in [2.45, 2.75) is 32.8 Å². The van der Waals surface area contributed by atoms with Crippen LogP contribution in [0, 0.1) is 19.7 Å². The lowest BCUT2D eigenvalue weighted by Crippen LogP contribution is -2.42. The Morgan fingerprint density at radius 1 is 1.12 bits per heavy atom. The highest BCUT2D eigenvalue weighted by molar-refractivity contribution is 5.92. The molecule has 1 N–H and O–H groups in total. The Morgan fingerprint density at radius 2 is 1.77 bits per heavy atom. The number of hydrogen-bond acceptors (Lipinski definition) is 3. The zero-order valence-electron chi connectivity index (χ0n) is 15.3. The number of anilines is 1. The maximum atomic E-state index is 13.6. The average Bonchev–Trinajstić information content (AvgIpc) is 2.62. The van der Waals surface area contributed by atoms with Crippen LogP contribution in [0.2, 0.25) is 0 Å². The first-order valence-corrected chi connectivity index (χ1v) is 9.02. The van der Waals surface area contributed by atoms with Gasteiger partial charge in [-0.25, -0.2) is 4.39 Å². The highest BCUT2D eigenvalue weighted by Gasteiger charge is 2.23. The summed E-state index contributed by atoms with van der Waals surface area (Å²) in [6, 6.07) is 12.4. The standard InChI is InChI=1S/C21H25FN2O2/c1-15-6-5-7-16(2)21(15)26-17-10-12-24(13-11-17)14-20(25)23-19-9-4-3-8-18(19)22/h3-9,17H,10-14H2,1-2H3,(H,23,25). The van der Waals surface area contributed by atoms with Crippen LogP contribution in [0.15, 0.2) is 42.5 Å². The van der Waals surface area contributed by atoms with Gasteiger partial charge in [-0.1, -0.05) is 30.3 Å². The minimum absolute atomic E-state index is 0.167. The van der Waals surface area contributed by atoms with Crippen molar-refractivity contribution in [1.82, 2.24) is 4.90 Å². The fourth-order valence-electron chi connectivity index (χ4n) is 3.29. The number of para-hydroxylation sites is 2. The van der Waals surface area contributed by atoms with Crippen LogP contribution in [0.25, 0.3) is 0 Å². The number of nitrogens with zero attached hydrogens (tertiary/aromatic N) is 1. The second kappa shape index (κ2) is 8.32. The second-order valence-electron chi connectivity index (χ2n) is 6.84. The average molecular weight is 356 g/mol. The fraction of sp³-hybridized carbons (Fsp3) is 0.381. The fourth-order valence-corrected chi connectivity index (χ4v) is 3.29. The molecule has 0 aliphatic carbocycles. The zero-order chi connectivity index (χ0) is 18.5. The van der Waals surface area contributed by atoms with Crippen molar-refractivity contribution >= 4 is 11.6 Å². The molecule has 1 saturated heterocycles. The molecule has 0 saturated carbocycles. The minimum Gasteiger partial charge on any atom is -0.490 e. The summed E-state index contributed by atoms with van der Waals surface area (Å²) in [5, 5.41) is 2.64. The molecule has 2 aromatic rings. The summed E-state index contributed by atoms with van der Waals surface area (Å²) in [7, 11) is 0. The third kappa shape index (κ3) is 4.61.